The predicted octanol–water partition coefficient (Wildman–Crippen LogP) is 3.37. The molecule has 1 amide bonds. The van der Waals surface area contributed by atoms with Crippen LogP contribution in [0.1, 0.15) is 25.8 Å². The lowest BCUT2D eigenvalue weighted by molar-refractivity contribution is -0.271. The monoisotopic (exact) mass is 413 g/mol. The molecule has 8 heteroatoms. The zero-order valence-corrected chi connectivity index (χ0v) is 16.7. The van der Waals surface area contributed by atoms with Crippen LogP contribution in [0.25, 0.3) is 21.9 Å². The van der Waals surface area contributed by atoms with E-state index in [2.05, 4.69) is 5.32 Å². The van der Waals surface area contributed by atoms with Gasteiger partial charge in [-0.25, -0.2) is 4.79 Å². The van der Waals surface area contributed by atoms with E-state index in [1.165, 1.54) is 12.1 Å². The van der Waals surface area contributed by atoms with Gasteiger partial charge in [-0.3, -0.25) is 4.79 Å². The SMILES string of the molecule is CC1(C)OCC(CCc2ccc3c(=O)c4cc(O)ccc4oc3c2)(NC(=O)O)CO1. The Morgan fingerprint density at radius 1 is 1.07 bits per heavy atom. The average molecular weight is 413 g/mol. The van der Waals surface area contributed by atoms with Crippen molar-refractivity contribution in [2.24, 2.45) is 0 Å². The normalized spacial score (nSPS) is 17.8. The molecule has 0 bridgehead atoms. The van der Waals surface area contributed by atoms with Crippen molar-refractivity contribution >= 4 is 28.0 Å². The number of fused-ring (bicyclic) bond motifs is 2. The maximum atomic E-state index is 12.7. The van der Waals surface area contributed by atoms with Gasteiger partial charge in [0.1, 0.15) is 16.9 Å². The van der Waals surface area contributed by atoms with Crippen LogP contribution in [0.15, 0.2) is 45.6 Å². The first-order chi connectivity index (χ1) is 14.2. The number of amides is 1. The van der Waals surface area contributed by atoms with Gasteiger partial charge in [-0.2, -0.15) is 0 Å². The lowest BCUT2D eigenvalue weighted by atomic mass is 9.91. The van der Waals surface area contributed by atoms with Gasteiger partial charge in [0.05, 0.1) is 29.5 Å². The molecule has 0 spiro atoms. The van der Waals surface area contributed by atoms with Gasteiger partial charge in [0.25, 0.3) is 0 Å². The molecule has 1 saturated heterocycles. The Morgan fingerprint density at radius 2 is 1.80 bits per heavy atom. The molecule has 30 heavy (non-hydrogen) atoms. The Bertz CT molecular complexity index is 1170. The molecule has 0 unspecified atom stereocenters. The Labute approximate surface area is 172 Å². The summed E-state index contributed by atoms with van der Waals surface area (Å²) in [5, 5.41) is 22.2. The summed E-state index contributed by atoms with van der Waals surface area (Å²) in [5.41, 5.74) is 0.642. The number of benzene rings is 2. The minimum Gasteiger partial charge on any atom is -0.508 e. The molecule has 4 rings (SSSR count). The van der Waals surface area contributed by atoms with E-state index in [1.807, 2.05) is 6.07 Å². The number of carbonyl (C=O) groups is 1. The first-order valence-electron chi connectivity index (χ1n) is 9.64. The second-order valence-electron chi connectivity index (χ2n) is 8.13. The number of nitrogens with one attached hydrogen (secondary N) is 1. The fourth-order valence-electron chi connectivity index (χ4n) is 3.64. The summed E-state index contributed by atoms with van der Waals surface area (Å²) in [4.78, 5) is 24.0. The third-order valence-electron chi connectivity index (χ3n) is 5.37. The largest absolute Gasteiger partial charge is 0.508 e. The molecule has 2 aromatic carbocycles. The second-order valence-corrected chi connectivity index (χ2v) is 8.13. The van der Waals surface area contributed by atoms with Gasteiger partial charge in [-0.1, -0.05) is 6.07 Å². The van der Waals surface area contributed by atoms with E-state index in [-0.39, 0.29) is 24.4 Å². The summed E-state index contributed by atoms with van der Waals surface area (Å²) in [6.45, 7) is 3.96. The number of rotatable bonds is 4. The summed E-state index contributed by atoms with van der Waals surface area (Å²) >= 11 is 0. The summed E-state index contributed by atoms with van der Waals surface area (Å²) < 4.78 is 17.2. The number of aryl methyl sites for hydroxylation is 1. The molecule has 3 N–H and O–H groups in total. The van der Waals surface area contributed by atoms with Crippen LogP contribution in [-0.2, 0) is 15.9 Å². The Kier molecular flexibility index (Phi) is 4.91. The number of carboxylic acid groups (broad SMARTS) is 1. The first-order valence-corrected chi connectivity index (χ1v) is 9.64. The fraction of sp³-hybridized carbons (Fsp3) is 0.364. The molecular weight excluding hydrogens is 390 g/mol. The third-order valence-corrected chi connectivity index (χ3v) is 5.37. The van der Waals surface area contributed by atoms with Crippen molar-refractivity contribution in [3.63, 3.8) is 0 Å². The Morgan fingerprint density at radius 3 is 2.50 bits per heavy atom. The van der Waals surface area contributed by atoms with Crippen LogP contribution in [0.3, 0.4) is 0 Å². The predicted molar refractivity (Wildman–Crippen MR) is 110 cm³/mol. The third kappa shape index (κ3) is 3.96. The highest BCUT2D eigenvalue weighted by atomic mass is 16.7. The van der Waals surface area contributed by atoms with Gasteiger partial charge in [0, 0.05) is 0 Å². The maximum Gasteiger partial charge on any atom is 0.405 e. The van der Waals surface area contributed by atoms with Crippen molar-refractivity contribution in [3.05, 3.63) is 52.2 Å². The number of phenols is 1. The summed E-state index contributed by atoms with van der Waals surface area (Å²) in [6.07, 6.45) is -0.158. The van der Waals surface area contributed by atoms with Gasteiger partial charge in [-0.05, 0) is 62.6 Å². The average Bonchev–Trinajstić information content (AvgIpc) is 2.69. The van der Waals surface area contributed by atoms with Crippen molar-refractivity contribution in [1.82, 2.24) is 5.32 Å². The van der Waals surface area contributed by atoms with Gasteiger partial charge >= 0.3 is 6.09 Å². The van der Waals surface area contributed by atoms with Gasteiger partial charge < -0.3 is 29.4 Å². The van der Waals surface area contributed by atoms with Crippen LogP contribution in [0.4, 0.5) is 4.79 Å². The van der Waals surface area contributed by atoms with Crippen LogP contribution < -0.4 is 10.7 Å². The molecule has 0 saturated carbocycles. The summed E-state index contributed by atoms with van der Waals surface area (Å²) in [5.74, 6) is -0.756. The Hall–Kier alpha value is -3.10. The van der Waals surface area contributed by atoms with Gasteiger partial charge in [0.2, 0.25) is 5.43 Å². The summed E-state index contributed by atoms with van der Waals surface area (Å²) in [6, 6.07) is 9.70. The molecule has 3 aromatic rings. The lowest BCUT2D eigenvalue weighted by Crippen LogP contribution is -2.61. The quantitative estimate of drug-likeness (QED) is 0.561. The molecular formula is C22H23NO7. The number of phenolic OH excluding ortho intramolecular Hbond substituents is 1. The number of aromatic hydroxyl groups is 1. The zero-order chi connectivity index (χ0) is 21.5. The van der Waals surface area contributed by atoms with E-state index in [4.69, 9.17) is 13.9 Å². The lowest BCUT2D eigenvalue weighted by Gasteiger charge is -2.43. The minimum atomic E-state index is -1.14. The van der Waals surface area contributed by atoms with Crippen molar-refractivity contribution in [2.45, 2.75) is 38.0 Å². The van der Waals surface area contributed by atoms with Crippen molar-refractivity contribution in [2.75, 3.05) is 13.2 Å². The first kappa shape index (κ1) is 20.2. The van der Waals surface area contributed by atoms with E-state index in [0.29, 0.717) is 34.8 Å². The smallest absolute Gasteiger partial charge is 0.405 e. The number of ether oxygens (including phenoxy) is 2. The van der Waals surface area contributed by atoms with Gasteiger partial charge in [0.15, 0.2) is 5.79 Å². The van der Waals surface area contributed by atoms with Crippen LogP contribution in [-0.4, -0.2) is 40.8 Å². The molecule has 0 atom stereocenters. The molecule has 1 aliphatic heterocycles. The molecule has 158 valence electrons. The van der Waals surface area contributed by atoms with Crippen LogP contribution in [0.5, 0.6) is 5.75 Å². The molecule has 0 radical (unpaired) electrons. The topological polar surface area (TPSA) is 118 Å². The molecule has 2 heterocycles. The maximum absolute atomic E-state index is 12.7. The molecule has 0 aliphatic carbocycles. The van der Waals surface area contributed by atoms with Gasteiger partial charge in [-0.15, -0.1) is 0 Å². The highest BCUT2D eigenvalue weighted by Gasteiger charge is 2.41. The minimum absolute atomic E-state index is 0.00194. The standard InChI is InChI=1S/C22H23NO7/c1-21(2)28-11-22(12-29-21,23-20(26)27)8-7-13-3-5-15-18(9-13)30-17-6-4-14(24)10-16(17)19(15)25/h3-6,9-10,23-24H,7-8,11-12H2,1-2H3,(H,26,27). The zero-order valence-electron chi connectivity index (χ0n) is 16.7. The molecule has 1 fully saturated rings. The van der Waals surface area contributed by atoms with Crippen LogP contribution in [0.2, 0.25) is 0 Å². The van der Waals surface area contributed by atoms with E-state index in [0.717, 1.165) is 5.56 Å². The fourth-order valence-corrected chi connectivity index (χ4v) is 3.64. The van der Waals surface area contributed by atoms with Crippen LogP contribution in [0, 0.1) is 0 Å². The molecule has 8 nitrogen and oxygen atoms in total. The molecule has 1 aliphatic rings. The Balaban J connectivity index is 1.61. The van der Waals surface area contributed by atoms with Crippen molar-refractivity contribution in [1.29, 1.82) is 0 Å². The van der Waals surface area contributed by atoms with E-state index >= 15 is 0 Å². The second kappa shape index (κ2) is 7.30. The van der Waals surface area contributed by atoms with E-state index in [1.54, 1.807) is 32.0 Å². The highest BCUT2D eigenvalue weighted by molar-refractivity contribution is 5.90. The highest BCUT2D eigenvalue weighted by Crippen LogP contribution is 2.28. The van der Waals surface area contributed by atoms with E-state index in [9.17, 15) is 19.8 Å². The van der Waals surface area contributed by atoms with E-state index < -0.39 is 17.4 Å². The van der Waals surface area contributed by atoms with Crippen molar-refractivity contribution < 1.29 is 28.9 Å². The summed E-state index contributed by atoms with van der Waals surface area (Å²) in [7, 11) is 0. The van der Waals surface area contributed by atoms with Crippen molar-refractivity contribution in [3.8, 4) is 5.75 Å². The van der Waals surface area contributed by atoms with Crippen LogP contribution >= 0.6 is 0 Å². The molecule has 1 aromatic heterocycles. The number of hydrogen-bond donors (Lipinski definition) is 3. The number of hydrogen-bond acceptors (Lipinski definition) is 6.